The van der Waals surface area contributed by atoms with Crippen LogP contribution < -0.4 is 9.47 Å². The second kappa shape index (κ2) is 9.52. The minimum Gasteiger partial charge on any atom is -0.494 e. The summed E-state index contributed by atoms with van der Waals surface area (Å²) in [5.74, 6) is 2.29. The Bertz CT molecular complexity index is 1260. The lowest BCUT2D eigenvalue weighted by Crippen LogP contribution is -2.02. The van der Waals surface area contributed by atoms with E-state index in [1.807, 2.05) is 42.5 Å². The van der Waals surface area contributed by atoms with Crippen molar-refractivity contribution >= 4 is 11.0 Å². The molecule has 0 bridgehead atoms. The number of ether oxygens (including phenoxy) is 2. The largest absolute Gasteiger partial charge is 0.494 e. The van der Waals surface area contributed by atoms with Gasteiger partial charge < -0.3 is 13.9 Å². The van der Waals surface area contributed by atoms with Gasteiger partial charge in [-0.1, -0.05) is 12.1 Å². The summed E-state index contributed by atoms with van der Waals surface area (Å²) >= 11 is 0. The highest BCUT2D eigenvalue weighted by Gasteiger charge is 2.08. The number of fused-ring (bicyclic) bond motifs is 1. The summed E-state index contributed by atoms with van der Waals surface area (Å²) in [6, 6.07) is 26.5. The predicted octanol–water partition coefficient (Wildman–Crippen LogP) is 6.08. The Hall–Kier alpha value is -4.22. The van der Waals surface area contributed by atoms with E-state index < -0.39 is 0 Å². The van der Waals surface area contributed by atoms with Gasteiger partial charge in [0.1, 0.15) is 22.8 Å². The quantitative estimate of drug-likeness (QED) is 0.330. The van der Waals surface area contributed by atoms with Gasteiger partial charge in [-0.3, -0.25) is 0 Å². The van der Waals surface area contributed by atoms with Gasteiger partial charge in [0.05, 0.1) is 36.5 Å². The number of nitrogens with zero attached hydrogens (tertiary/aromatic N) is 2. The smallest absolute Gasteiger partial charge is 0.135 e. The average Bonchev–Trinajstić information content (AvgIpc) is 3.25. The maximum absolute atomic E-state index is 9.06. The van der Waals surface area contributed by atoms with E-state index in [1.54, 1.807) is 30.3 Å². The van der Waals surface area contributed by atoms with Gasteiger partial charge in [-0.05, 0) is 73.5 Å². The molecule has 1 heterocycles. The van der Waals surface area contributed by atoms with Crippen molar-refractivity contribution in [2.45, 2.75) is 12.8 Å². The van der Waals surface area contributed by atoms with Crippen LogP contribution in [0.15, 0.2) is 77.2 Å². The summed E-state index contributed by atoms with van der Waals surface area (Å²) in [6.45, 7) is 1.19. The Balaban J connectivity index is 1.28. The number of furan rings is 1. The molecule has 152 valence electrons. The molecule has 4 aromatic rings. The molecule has 0 aliphatic carbocycles. The highest BCUT2D eigenvalue weighted by Crippen LogP contribution is 2.30. The lowest BCUT2D eigenvalue weighted by atomic mass is 10.1. The summed E-state index contributed by atoms with van der Waals surface area (Å²) in [5, 5.41) is 18.8. The first-order valence-corrected chi connectivity index (χ1v) is 10.0. The third-order valence-corrected chi connectivity index (χ3v) is 4.82. The number of hydrogen-bond donors (Lipinski definition) is 0. The van der Waals surface area contributed by atoms with Crippen molar-refractivity contribution < 1.29 is 13.9 Å². The minimum absolute atomic E-state index is 0.589. The SMILES string of the molecule is N#Cc1ccc(OCCCCOc2cccc(-c3cc4cc(C#N)ccc4o3)c2)cc1. The van der Waals surface area contributed by atoms with Crippen LogP contribution in [0.3, 0.4) is 0 Å². The van der Waals surface area contributed by atoms with Crippen LogP contribution in [-0.4, -0.2) is 13.2 Å². The number of unbranched alkanes of at least 4 members (excludes halogenated alkanes) is 1. The molecule has 0 aliphatic heterocycles. The van der Waals surface area contributed by atoms with Gasteiger partial charge in [-0.2, -0.15) is 10.5 Å². The second-order valence-corrected chi connectivity index (χ2v) is 7.04. The molecule has 0 atom stereocenters. The Labute approximate surface area is 180 Å². The van der Waals surface area contributed by atoms with E-state index in [9.17, 15) is 0 Å². The predicted molar refractivity (Wildman–Crippen MR) is 118 cm³/mol. The third-order valence-electron chi connectivity index (χ3n) is 4.82. The van der Waals surface area contributed by atoms with Crippen molar-refractivity contribution in [1.82, 2.24) is 0 Å². The average molecular weight is 408 g/mol. The Kier molecular flexibility index (Phi) is 6.16. The van der Waals surface area contributed by atoms with Crippen molar-refractivity contribution in [2.24, 2.45) is 0 Å². The van der Waals surface area contributed by atoms with Crippen LogP contribution in [0.2, 0.25) is 0 Å². The van der Waals surface area contributed by atoms with E-state index in [0.29, 0.717) is 24.3 Å². The van der Waals surface area contributed by atoms with Crippen LogP contribution in [-0.2, 0) is 0 Å². The fraction of sp³-hybridized carbons (Fsp3) is 0.154. The van der Waals surface area contributed by atoms with Crippen molar-refractivity contribution in [2.75, 3.05) is 13.2 Å². The van der Waals surface area contributed by atoms with Crippen LogP contribution in [0.4, 0.5) is 0 Å². The van der Waals surface area contributed by atoms with Crippen molar-refractivity contribution in [1.29, 1.82) is 10.5 Å². The molecule has 0 N–H and O–H groups in total. The van der Waals surface area contributed by atoms with Gasteiger partial charge in [0.15, 0.2) is 0 Å². The molecule has 0 saturated carbocycles. The number of nitriles is 2. The van der Waals surface area contributed by atoms with Crippen LogP contribution >= 0.6 is 0 Å². The summed E-state index contributed by atoms with van der Waals surface area (Å²) in [4.78, 5) is 0. The van der Waals surface area contributed by atoms with Gasteiger partial charge in [0.2, 0.25) is 0 Å². The fourth-order valence-electron chi connectivity index (χ4n) is 3.20. The van der Waals surface area contributed by atoms with E-state index in [4.69, 9.17) is 24.4 Å². The summed E-state index contributed by atoms with van der Waals surface area (Å²) in [6.07, 6.45) is 1.73. The highest BCUT2D eigenvalue weighted by molar-refractivity contribution is 5.84. The monoisotopic (exact) mass is 408 g/mol. The topological polar surface area (TPSA) is 79.2 Å². The van der Waals surface area contributed by atoms with E-state index in [0.717, 1.165) is 46.6 Å². The van der Waals surface area contributed by atoms with Crippen LogP contribution in [0, 0.1) is 22.7 Å². The molecule has 0 saturated heterocycles. The maximum atomic E-state index is 9.06. The van der Waals surface area contributed by atoms with E-state index in [-0.39, 0.29) is 0 Å². The first-order chi connectivity index (χ1) is 15.2. The zero-order valence-corrected chi connectivity index (χ0v) is 16.9. The molecule has 5 nitrogen and oxygen atoms in total. The number of benzene rings is 3. The zero-order valence-electron chi connectivity index (χ0n) is 16.9. The lowest BCUT2D eigenvalue weighted by Gasteiger charge is -2.08. The molecule has 0 aliphatic rings. The lowest BCUT2D eigenvalue weighted by molar-refractivity contribution is 0.266. The molecule has 31 heavy (non-hydrogen) atoms. The summed E-state index contributed by atoms with van der Waals surface area (Å²) < 4.78 is 17.5. The van der Waals surface area contributed by atoms with Crippen molar-refractivity contribution in [3.05, 3.63) is 83.9 Å². The first-order valence-electron chi connectivity index (χ1n) is 10.0. The molecular formula is C26H20N2O3. The standard InChI is InChI=1S/C26H20N2O3/c27-17-19-6-9-23(10-7-19)29-12-1-2-13-30-24-5-3-4-21(15-24)26-16-22-14-20(18-28)8-11-25(22)31-26/h3-11,14-16H,1-2,12-13H2. The van der Waals surface area contributed by atoms with Gasteiger partial charge in [-0.15, -0.1) is 0 Å². The minimum atomic E-state index is 0.589. The summed E-state index contributed by atoms with van der Waals surface area (Å²) in [5.41, 5.74) is 2.91. The van der Waals surface area contributed by atoms with Gasteiger partial charge in [0.25, 0.3) is 0 Å². The molecule has 3 aromatic carbocycles. The van der Waals surface area contributed by atoms with Crippen molar-refractivity contribution in [3.63, 3.8) is 0 Å². The Morgan fingerprint density at radius 2 is 1.42 bits per heavy atom. The highest BCUT2D eigenvalue weighted by atomic mass is 16.5. The van der Waals surface area contributed by atoms with Crippen molar-refractivity contribution in [3.8, 4) is 35.0 Å². The molecule has 5 heteroatoms. The molecule has 0 spiro atoms. The number of rotatable bonds is 8. The van der Waals surface area contributed by atoms with Crippen LogP contribution in [0.25, 0.3) is 22.3 Å². The molecular weight excluding hydrogens is 388 g/mol. The molecule has 0 fully saturated rings. The number of hydrogen-bond acceptors (Lipinski definition) is 5. The maximum Gasteiger partial charge on any atom is 0.135 e. The Morgan fingerprint density at radius 3 is 2.16 bits per heavy atom. The van der Waals surface area contributed by atoms with Crippen LogP contribution in [0.1, 0.15) is 24.0 Å². The zero-order chi connectivity index (χ0) is 21.5. The first kappa shape index (κ1) is 20.1. The van der Waals surface area contributed by atoms with Crippen LogP contribution in [0.5, 0.6) is 11.5 Å². The molecule has 0 unspecified atom stereocenters. The normalized spacial score (nSPS) is 10.4. The van der Waals surface area contributed by atoms with Gasteiger partial charge in [-0.25, -0.2) is 0 Å². The third kappa shape index (κ3) is 5.04. The Morgan fingerprint density at radius 1 is 0.710 bits per heavy atom. The van der Waals surface area contributed by atoms with Gasteiger partial charge >= 0.3 is 0 Å². The molecule has 1 aromatic heterocycles. The molecule has 0 amide bonds. The van der Waals surface area contributed by atoms with Gasteiger partial charge in [0, 0.05) is 10.9 Å². The fourth-order valence-corrected chi connectivity index (χ4v) is 3.20. The summed E-state index contributed by atoms with van der Waals surface area (Å²) in [7, 11) is 0. The van der Waals surface area contributed by atoms with E-state index in [1.165, 1.54) is 0 Å². The molecule has 4 rings (SSSR count). The molecule has 0 radical (unpaired) electrons. The van der Waals surface area contributed by atoms with E-state index >= 15 is 0 Å². The van der Waals surface area contributed by atoms with E-state index in [2.05, 4.69) is 12.1 Å². The second-order valence-electron chi connectivity index (χ2n) is 7.04.